The predicted molar refractivity (Wildman–Crippen MR) is 99.9 cm³/mol. The summed E-state index contributed by atoms with van der Waals surface area (Å²) in [6.07, 6.45) is 0. The van der Waals surface area contributed by atoms with Gasteiger partial charge in [0.25, 0.3) is 0 Å². The first-order valence-electron chi connectivity index (χ1n) is 7.33. The number of rotatable bonds is 11. The number of halogens is 3. The predicted octanol–water partition coefficient (Wildman–Crippen LogP) is 2.65. The van der Waals surface area contributed by atoms with E-state index in [0.29, 0.717) is 42.8 Å². The summed E-state index contributed by atoms with van der Waals surface area (Å²) in [5, 5.41) is 15.6. The van der Waals surface area contributed by atoms with E-state index < -0.39 is 0 Å². The summed E-state index contributed by atoms with van der Waals surface area (Å²) in [5.74, 6) is 1.29. The van der Waals surface area contributed by atoms with Gasteiger partial charge in [-0.25, -0.2) is 0 Å². The maximum Gasteiger partial charge on any atom is 0.179 e. The Balaban J connectivity index is 0. The molecule has 8 heteroatoms. The van der Waals surface area contributed by atoms with Gasteiger partial charge in [0.05, 0.1) is 24.8 Å². The fourth-order valence-corrected chi connectivity index (χ4v) is 2.17. The minimum absolute atomic E-state index is 0. The average molecular weight is 390 g/mol. The van der Waals surface area contributed by atoms with Crippen LogP contribution in [0.3, 0.4) is 0 Å². The third kappa shape index (κ3) is 9.45. The van der Waals surface area contributed by atoms with Crippen molar-refractivity contribution in [3.05, 3.63) is 22.7 Å². The molecular formula is C15H27Cl3N2O3. The topological polar surface area (TPSA) is 62.8 Å². The van der Waals surface area contributed by atoms with Gasteiger partial charge in [-0.3, -0.25) is 0 Å². The number of nitrogens with one attached hydrogen (secondary N) is 2. The first-order valence-corrected chi connectivity index (χ1v) is 7.71. The van der Waals surface area contributed by atoms with Gasteiger partial charge >= 0.3 is 0 Å². The Morgan fingerprint density at radius 2 is 1.65 bits per heavy atom. The van der Waals surface area contributed by atoms with Crippen molar-refractivity contribution in [3.63, 3.8) is 0 Å². The molecule has 0 aromatic heterocycles. The summed E-state index contributed by atoms with van der Waals surface area (Å²) in [7, 11) is 0. The molecule has 0 saturated carbocycles. The lowest BCUT2D eigenvalue weighted by Crippen LogP contribution is -2.28. The van der Waals surface area contributed by atoms with Gasteiger partial charge in [-0.05, 0) is 31.5 Å². The molecule has 0 saturated heterocycles. The van der Waals surface area contributed by atoms with Crippen molar-refractivity contribution in [2.45, 2.75) is 20.4 Å². The molecule has 23 heavy (non-hydrogen) atoms. The van der Waals surface area contributed by atoms with Crippen LogP contribution in [0.25, 0.3) is 0 Å². The van der Waals surface area contributed by atoms with Crippen LogP contribution in [0.15, 0.2) is 12.1 Å². The van der Waals surface area contributed by atoms with Crippen LogP contribution in [0.4, 0.5) is 0 Å². The van der Waals surface area contributed by atoms with Crippen molar-refractivity contribution in [1.82, 2.24) is 10.6 Å². The molecule has 5 nitrogen and oxygen atoms in total. The second-order valence-corrected chi connectivity index (χ2v) is 4.83. The Hall–Kier alpha value is -0.430. The monoisotopic (exact) mass is 388 g/mol. The number of aliphatic hydroxyl groups is 1. The van der Waals surface area contributed by atoms with Gasteiger partial charge in [0.15, 0.2) is 11.5 Å². The van der Waals surface area contributed by atoms with Gasteiger partial charge in [0, 0.05) is 26.2 Å². The summed E-state index contributed by atoms with van der Waals surface area (Å²) < 4.78 is 11.1. The average Bonchev–Trinajstić information content (AvgIpc) is 2.46. The second-order valence-electron chi connectivity index (χ2n) is 4.42. The highest BCUT2D eigenvalue weighted by molar-refractivity contribution is 6.32. The largest absolute Gasteiger partial charge is 0.490 e. The molecule has 0 aliphatic rings. The Morgan fingerprint density at radius 1 is 1.00 bits per heavy atom. The quantitative estimate of drug-likeness (QED) is 0.508. The summed E-state index contributed by atoms with van der Waals surface area (Å²) in [6, 6.07) is 3.84. The van der Waals surface area contributed by atoms with E-state index in [1.807, 2.05) is 26.0 Å². The lowest BCUT2D eigenvalue weighted by Gasteiger charge is -2.14. The van der Waals surface area contributed by atoms with Crippen LogP contribution in [-0.4, -0.2) is 44.6 Å². The molecule has 0 heterocycles. The number of benzene rings is 1. The zero-order chi connectivity index (χ0) is 15.5. The molecule has 0 spiro atoms. The van der Waals surface area contributed by atoms with Gasteiger partial charge in [-0.2, -0.15) is 0 Å². The first-order chi connectivity index (χ1) is 10.2. The van der Waals surface area contributed by atoms with E-state index in [9.17, 15) is 0 Å². The molecule has 0 bridgehead atoms. The minimum Gasteiger partial charge on any atom is -0.490 e. The Bertz CT molecular complexity index is 423. The van der Waals surface area contributed by atoms with Crippen LogP contribution in [0.1, 0.15) is 19.4 Å². The molecule has 1 aromatic carbocycles. The molecule has 0 amide bonds. The molecule has 0 unspecified atom stereocenters. The van der Waals surface area contributed by atoms with Crippen LogP contribution in [0.5, 0.6) is 11.5 Å². The zero-order valence-electron chi connectivity index (χ0n) is 13.6. The van der Waals surface area contributed by atoms with Crippen LogP contribution in [0, 0.1) is 0 Å². The Kier molecular flexibility index (Phi) is 16.3. The zero-order valence-corrected chi connectivity index (χ0v) is 16.0. The highest BCUT2D eigenvalue weighted by atomic mass is 35.5. The van der Waals surface area contributed by atoms with E-state index in [1.165, 1.54) is 0 Å². The van der Waals surface area contributed by atoms with Crippen molar-refractivity contribution in [2.24, 2.45) is 0 Å². The molecule has 1 rings (SSSR count). The minimum atomic E-state index is 0. The molecule has 3 N–H and O–H groups in total. The van der Waals surface area contributed by atoms with E-state index in [-0.39, 0.29) is 31.4 Å². The molecule has 0 fully saturated rings. The second kappa shape index (κ2) is 15.1. The third-order valence-electron chi connectivity index (χ3n) is 2.75. The van der Waals surface area contributed by atoms with Crippen molar-refractivity contribution in [1.29, 1.82) is 0 Å². The van der Waals surface area contributed by atoms with Crippen molar-refractivity contribution < 1.29 is 14.6 Å². The molecule has 136 valence electrons. The van der Waals surface area contributed by atoms with Crippen LogP contribution < -0.4 is 20.1 Å². The number of ether oxygens (including phenoxy) is 2. The Morgan fingerprint density at radius 3 is 2.26 bits per heavy atom. The van der Waals surface area contributed by atoms with E-state index in [1.54, 1.807) is 0 Å². The molecule has 0 aliphatic carbocycles. The highest BCUT2D eigenvalue weighted by Gasteiger charge is 2.11. The maximum atomic E-state index is 8.66. The third-order valence-corrected chi connectivity index (χ3v) is 3.03. The lowest BCUT2D eigenvalue weighted by atomic mass is 10.2. The van der Waals surface area contributed by atoms with E-state index in [2.05, 4.69) is 10.6 Å². The number of aliphatic hydroxyl groups excluding tert-OH is 1. The SMILES string of the molecule is CCOc1cc(CNCCNCCO)cc(Cl)c1OCC.Cl.Cl. The number of hydrogen-bond donors (Lipinski definition) is 3. The maximum absolute atomic E-state index is 8.66. The van der Waals surface area contributed by atoms with Gasteiger partial charge in [-0.15, -0.1) is 24.8 Å². The van der Waals surface area contributed by atoms with Crippen LogP contribution in [0.2, 0.25) is 5.02 Å². The standard InChI is InChI=1S/C15H25ClN2O3.2ClH/c1-3-20-14-10-12(9-13(16)15(14)21-4-2)11-18-6-5-17-7-8-19;;/h9-10,17-19H,3-8,11H2,1-2H3;2*1H. The van der Waals surface area contributed by atoms with Crippen LogP contribution in [-0.2, 0) is 6.54 Å². The molecule has 0 radical (unpaired) electrons. The van der Waals surface area contributed by atoms with Crippen LogP contribution >= 0.6 is 36.4 Å². The van der Waals surface area contributed by atoms with Crippen molar-refractivity contribution in [2.75, 3.05) is 39.5 Å². The normalized spacial score (nSPS) is 9.74. The van der Waals surface area contributed by atoms with Gasteiger partial charge in [-0.1, -0.05) is 11.6 Å². The van der Waals surface area contributed by atoms with E-state index in [4.69, 9.17) is 26.2 Å². The molecular weight excluding hydrogens is 363 g/mol. The highest BCUT2D eigenvalue weighted by Crippen LogP contribution is 2.36. The van der Waals surface area contributed by atoms with Gasteiger partial charge in [0.2, 0.25) is 0 Å². The molecule has 0 aliphatic heterocycles. The summed E-state index contributed by atoms with van der Waals surface area (Å²) in [5.41, 5.74) is 1.05. The summed E-state index contributed by atoms with van der Waals surface area (Å²) >= 11 is 6.26. The van der Waals surface area contributed by atoms with E-state index >= 15 is 0 Å². The smallest absolute Gasteiger partial charge is 0.179 e. The molecule has 1 aromatic rings. The number of hydrogen-bond acceptors (Lipinski definition) is 5. The van der Waals surface area contributed by atoms with E-state index in [0.717, 1.165) is 18.7 Å². The fourth-order valence-electron chi connectivity index (χ4n) is 1.88. The van der Waals surface area contributed by atoms with Gasteiger partial charge in [0.1, 0.15) is 0 Å². The summed E-state index contributed by atoms with van der Waals surface area (Å²) in [6.45, 7) is 8.07. The Labute approximate surface area is 155 Å². The molecule has 0 atom stereocenters. The first kappa shape index (κ1) is 24.8. The van der Waals surface area contributed by atoms with Crippen molar-refractivity contribution >= 4 is 36.4 Å². The van der Waals surface area contributed by atoms with Crippen molar-refractivity contribution in [3.8, 4) is 11.5 Å². The van der Waals surface area contributed by atoms with Gasteiger partial charge < -0.3 is 25.2 Å². The fraction of sp³-hybridized carbons (Fsp3) is 0.600. The summed E-state index contributed by atoms with van der Waals surface area (Å²) in [4.78, 5) is 0. The lowest BCUT2D eigenvalue weighted by molar-refractivity contribution is 0.287.